The maximum atomic E-state index is 13.7. The number of imidazole rings is 1. The summed E-state index contributed by atoms with van der Waals surface area (Å²) in [6.45, 7) is 1.04. The number of hydrogen-bond acceptors (Lipinski definition) is 3. The van der Waals surface area contributed by atoms with Crippen molar-refractivity contribution >= 4 is 44.9 Å². The molecule has 1 fully saturated rings. The number of fused-ring (bicyclic) bond motifs is 5. The van der Waals surface area contributed by atoms with E-state index in [1.807, 2.05) is 96.2 Å². The molecule has 6 nitrogen and oxygen atoms in total. The van der Waals surface area contributed by atoms with Gasteiger partial charge in [0.1, 0.15) is 0 Å². The highest BCUT2D eigenvalue weighted by Gasteiger charge is 2.40. The number of carbonyl (C=O) groups excluding carboxylic acids is 1. The third-order valence-corrected chi connectivity index (χ3v) is 10.8. The number of halogens is 4. The van der Waals surface area contributed by atoms with Crippen LogP contribution in [0.3, 0.4) is 0 Å². The number of likely N-dealkylation sites (tertiary alicyclic amines) is 1. The van der Waals surface area contributed by atoms with Crippen molar-refractivity contribution in [3.8, 4) is 0 Å². The zero-order valence-electron chi connectivity index (χ0n) is 27.7. The average molecular weight is 701 g/mol. The van der Waals surface area contributed by atoms with Gasteiger partial charge in [0, 0.05) is 54.8 Å². The smallest absolute Gasteiger partial charge is 0.368 e. The number of aromatic amines is 1. The zero-order chi connectivity index (χ0) is 34.8. The Morgan fingerprint density at radius 1 is 0.920 bits per heavy atom. The number of carbonyl (C=O) groups is 1. The van der Waals surface area contributed by atoms with Crippen molar-refractivity contribution in [3.63, 3.8) is 0 Å². The van der Waals surface area contributed by atoms with Crippen LogP contribution in [0, 0.1) is 11.8 Å². The molecule has 2 unspecified atom stereocenters. The van der Waals surface area contributed by atoms with E-state index in [2.05, 4.69) is 10.3 Å². The second-order valence-corrected chi connectivity index (χ2v) is 14.1. The lowest BCUT2D eigenvalue weighted by molar-refractivity contribution is -0.145. The van der Waals surface area contributed by atoms with Gasteiger partial charge in [-0.1, -0.05) is 65.7 Å². The summed E-state index contributed by atoms with van der Waals surface area (Å²) < 4.78 is 42.7. The highest BCUT2D eigenvalue weighted by atomic mass is 35.5. The molecular weight excluding hydrogens is 661 g/mol. The Morgan fingerprint density at radius 2 is 1.68 bits per heavy atom. The molecule has 260 valence electrons. The van der Waals surface area contributed by atoms with Crippen LogP contribution < -0.4 is 11.0 Å². The molecule has 4 aliphatic rings. The van der Waals surface area contributed by atoms with Gasteiger partial charge in [0.25, 0.3) is 0 Å². The molecule has 1 saturated heterocycles. The minimum Gasteiger partial charge on any atom is -0.368 e. The monoisotopic (exact) mass is 700 g/mol. The summed E-state index contributed by atoms with van der Waals surface area (Å²) in [5.41, 5.74) is 5.75. The minimum atomic E-state index is -4.26. The molecular formula is C40H40ClF3N4O2. The number of alkyl halides is 3. The number of amides is 1. The van der Waals surface area contributed by atoms with Gasteiger partial charge in [-0.25, -0.2) is 4.79 Å². The van der Waals surface area contributed by atoms with Crippen molar-refractivity contribution in [1.82, 2.24) is 19.8 Å². The van der Waals surface area contributed by atoms with E-state index >= 15 is 0 Å². The second-order valence-electron chi connectivity index (χ2n) is 13.7. The van der Waals surface area contributed by atoms with E-state index in [9.17, 15) is 22.8 Å². The molecule has 0 bridgehead atoms. The van der Waals surface area contributed by atoms with Gasteiger partial charge in [0.2, 0.25) is 5.91 Å². The summed E-state index contributed by atoms with van der Waals surface area (Å²) in [5.74, 6) is -0.793. The Bertz CT molecular complexity index is 2070. The van der Waals surface area contributed by atoms with E-state index in [-0.39, 0.29) is 30.0 Å². The summed E-state index contributed by atoms with van der Waals surface area (Å²) in [4.78, 5) is 31.1. The average Bonchev–Trinajstić information content (AvgIpc) is 3.23. The number of benzene rings is 3. The van der Waals surface area contributed by atoms with Crippen LogP contribution in [-0.4, -0.2) is 39.6 Å². The van der Waals surface area contributed by atoms with Gasteiger partial charge < -0.3 is 15.2 Å². The lowest BCUT2D eigenvalue weighted by Crippen LogP contribution is -2.41. The normalized spacial score (nSPS) is 20.6. The summed E-state index contributed by atoms with van der Waals surface area (Å²) >= 11 is 6.61. The fourth-order valence-corrected chi connectivity index (χ4v) is 8.68. The second kappa shape index (κ2) is 14.4. The number of piperidine rings is 1. The molecule has 50 heavy (non-hydrogen) atoms. The molecule has 0 radical (unpaired) electrons. The molecule has 8 rings (SSSR count). The first kappa shape index (κ1) is 34.0. The fraction of sp³-hybridized carbons (Fsp3) is 0.350. The molecule has 3 aromatic carbocycles. The number of H-pyrrole nitrogens is 1. The molecule has 1 amide bonds. The molecule has 2 N–H and O–H groups in total. The first-order chi connectivity index (χ1) is 24.2. The Morgan fingerprint density at radius 3 is 2.44 bits per heavy atom. The van der Waals surface area contributed by atoms with Crippen molar-refractivity contribution in [2.24, 2.45) is 11.8 Å². The molecule has 3 heterocycles. The standard InChI is InChI=1S/C34H33ClF3N3O2.C6H7N/c35-28-5-3-4-21-8-9-25-26(32(21)28)11-10-24-22(16-20(17-27(24)25)19-34(36,37)38)18-31(42)40-14-12-23(13-15-40)41-30-7-2-1-6-29(30)39-33(41)43;1-2-4-6-7-5-3-1/h1-9,20,22-23H,10-19H2,(H,39,43);1-7H. The predicted octanol–water partition coefficient (Wildman–Crippen LogP) is 9.24. The predicted molar refractivity (Wildman–Crippen MR) is 194 cm³/mol. The van der Waals surface area contributed by atoms with E-state index in [4.69, 9.17) is 11.6 Å². The van der Waals surface area contributed by atoms with Crippen LogP contribution >= 0.6 is 11.6 Å². The van der Waals surface area contributed by atoms with Gasteiger partial charge in [-0.3, -0.25) is 9.36 Å². The maximum Gasteiger partial charge on any atom is 0.389 e. The summed E-state index contributed by atoms with van der Waals surface area (Å²) in [6.07, 6.45) is 10.2. The Hall–Kier alpha value is -4.50. The lowest BCUT2D eigenvalue weighted by atomic mass is 9.67. The first-order valence-corrected chi connectivity index (χ1v) is 17.7. The third-order valence-electron chi connectivity index (χ3n) is 10.5. The van der Waals surface area contributed by atoms with Gasteiger partial charge in [-0.2, -0.15) is 13.2 Å². The molecule has 2 atom stereocenters. The number of nitrogens with one attached hydrogen (secondary N) is 2. The zero-order valence-corrected chi connectivity index (χ0v) is 28.4. The van der Waals surface area contributed by atoms with Crippen molar-refractivity contribution in [2.45, 2.75) is 63.6 Å². The Kier molecular flexibility index (Phi) is 9.78. The van der Waals surface area contributed by atoms with Crippen molar-refractivity contribution in [2.75, 3.05) is 13.1 Å². The number of allylic oxidation sites excluding steroid dienone is 6. The molecule has 1 aromatic heterocycles. The highest BCUT2D eigenvalue weighted by molar-refractivity contribution is 6.36. The molecule has 2 aliphatic carbocycles. The first-order valence-electron chi connectivity index (χ1n) is 17.4. The molecule has 0 saturated carbocycles. The number of rotatable bonds is 4. The van der Waals surface area contributed by atoms with Crippen LogP contribution in [0.15, 0.2) is 102 Å². The largest absolute Gasteiger partial charge is 0.389 e. The minimum absolute atomic E-state index is 0.00986. The van der Waals surface area contributed by atoms with Crippen LogP contribution in [0.25, 0.3) is 27.4 Å². The van der Waals surface area contributed by atoms with Gasteiger partial charge in [0.05, 0.1) is 11.0 Å². The SMILES string of the molecule is C1=CC=CNC=C1.O=C(CC1CC(CC(F)(F)F)CC2=C1CCc1c2ccc2cccc(Cl)c12)N1CCC(n2c(=O)[nH]c3ccccc32)CC1. The lowest BCUT2D eigenvalue weighted by Gasteiger charge is -2.39. The Labute approximate surface area is 294 Å². The highest BCUT2D eigenvalue weighted by Crippen LogP contribution is 2.50. The Balaban J connectivity index is 0.000000501. The molecule has 2 aliphatic heterocycles. The third kappa shape index (κ3) is 7.20. The maximum absolute atomic E-state index is 13.7. The quantitative estimate of drug-likeness (QED) is 0.223. The number of aromatic nitrogens is 2. The van der Waals surface area contributed by atoms with Crippen LogP contribution in [0.5, 0.6) is 0 Å². The number of nitrogens with zero attached hydrogens (tertiary/aromatic N) is 2. The summed E-state index contributed by atoms with van der Waals surface area (Å²) in [7, 11) is 0. The van der Waals surface area contributed by atoms with Gasteiger partial charge in [0.15, 0.2) is 0 Å². The van der Waals surface area contributed by atoms with Crippen LogP contribution in [0.1, 0.15) is 62.1 Å². The number of para-hydroxylation sites is 2. The summed E-state index contributed by atoms with van der Waals surface area (Å²) in [6, 6.07) is 17.4. The van der Waals surface area contributed by atoms with Crippen LogP contribution in [0.4, 0.5) is 13.2 Å². The van der Waals surface area contributed by atoms with E-state index in [0.29, 0.717) is 43.8 Å². The van der Waals surface area contributed by atoms with Gasteiger partial charge in [-0.05, 0) is 103 Å². The molecule has 10 heteroatoms. The fourth-order valence-electron chi connectivity index (χ4n) is 8.39. The topological polar surface area (TPSA) is 70.1 Å². The van der Waals surface area contributed by atoms with Crippen LogP contribution in [0.2, 0.25) is 5.02 Å². The van der Waals surface area contributed by atoms with Gasteiger partial charge >= 0.3 is 11.9 Å². The van der Waals surface area contributed by atoms with Crippen molar-refractivity contribution in [3.05, 3.63) is 124 Å². The number of hydrogen-bond donors (Lipinski definition) is 2. The van der Waals surface area contributed by atoms with E-state index < -0.39 is 18.5 Å². The summed E-state index contributed by atoms with van der Waals surface area (Å²) in [5, 5.41) is 5.59. The van der Waals surface area contributed by atoms with E-state index in [1.54, 1.807) is 4.57 Å². The number of aryl methyl sites for hydroxylation is 1. The van der Waals surface area contributed by atoms with E-state index in [0.717, 1.165) is 56.9 Å². The van der Waals surface area contributed by atoms with Gasteiger partial charge in [-0.15, -0.1) is 0 Å². The van der Waals surface area contributed by atoms with E-state index in [1.165, 1.54) is 0 Å². The molecule has 0 spiro atoms. The van der Waals surface area contributed by atoms with Crippen molar-refractivity contribution < 1.29 is 18.0 Å². The van der Waals surface area contributed by atoms with Crippen molar-refractivity contribution in [1.29, 1.82) is 0 Å². The molecule has 4 aromatic rings. The van der Waals surface area contributed by atoms with Crippen LogP contribution in [-0.2, 0) is 11.2 Å².